The van der Waals surface area contributed by atoms with Crippen LogP contribution in [0.4, 0.5) is 5.69 Å². The van der Waals surface area contributed by atoms with Crippen LogP contribution in [0.5, 0.6) is 0 Å². The second kappa shape index (κ2) is 3.10. The van der Waals surface area contributed by atoms with Gasteiger partial charge in [0.15, 0.2) is 0 Å². The first-order chi connectivity index (χ1) is 6.66. The quantitative estimate of drug-likeness (QED) is 0.672. The summed E-state index contributed by atoms with van der Waals surface area (Å²) in [6.45, 7) is 0.464. The van der Waals surface area contributed by atoms with Crippen LogP contribution in [0.25, 0.3) is 0 Å². The van der Waals surface area contributed by atoms with E-state index in [1.54, 1.807) is 4.68 Å². The number of aromatic nitrogens is 2. The average molecular weight is 191 g/mol. The molecule has 0 radical (unpaired) electrons. The standard InChI is InChI=1S/C9H9N3O2/c1-12-3-2-6(11-12)5-10-7-4-8(13)9(7)14/h2-4,10H,5H2,1H3. The van der Waals surface area contributed by atoms with Crippen molar-refractivity contribution >= 4 is 5.69 Å². The highest BCUT2D eigenvalue weighted by atomic mass is 16.2. The summed E-state index contributed by atoms with van der Waals surface area (Å²) < 4.78 is 1.68. The Hall–Kier alpha value is -1.91. The molecule has 2 rings (SSSR count). The SMILES string of the molecule is Cn1ccc(CNc2cc(=O)c2=O)n1. The molecule has 0 amide bonds. The van der Waals surface area contributed by atoms with E-state index in [1.165, 1.54) is 6.07 Å². The van der Waals surface area contributed by atoms with Gasteiger partial charge in [0.1, 0.15) is 0 Å². The molecule has 0 unspecified atom stereocenters. The van der Waals surface area contributed by atoms with E-state index in [0.717, 1.165) is 5.69 Å². The second-order valence-electron chi connectivity index (χ2n) is 3.09. The molecule has 14 heavy (non-hydrogen) atoms. The molecular weight excluding hydrogens is 182 g/mol. The van der Waals surface area contributed by atoms with Crippen LogP contribution in [-0.4, -0.2) is 9.78 Å². The van der Waals surface area contributed by atoms with Gasteiger partial charge >= 0.3 is 0 Å². The summed E-state index contributed by atoms with van der Waals surface area (Å²) in [6.07, 6.45) is 1.82. The van der Waals surface area contributed by atoms with Crippen molar-refractivity contribution in [3.05, 3.63) is 44.5 Å². The predicted molar refractivity (Wildman–Crippen MR) is 51.9 cm³/mol. The van der Waals surface area contributed by atoms with E-state index in [0.29, 0.717) is 12.2 Å². The second-order valence-corrected chi connectivity index (χ2v) is 3.09. The van der Waals surface area contributed by atoms with Gasteiger partial charge in [0.05, 0.1) is 17.9 Å². The lowest BCUT2D eigenvalue weighted by molar-refractivity contribution is 0.747. The topological polar surface area (TPSA) is 64.0 Å². The summed E-state index contributed by atoms with van der Waals surface area (Å²) in [6, 6.07) is 3.14. The fourth-order valence-electron chi connectivity index (χ4n) is 1.19. The Balaban J connectivity index is 2.00. The van der Waals surface area contributed by atoms with Gasteiger partial charge in [0.2, 0.25) is 10.9 Å². The number of anilines is 1. The molecule has 1 aromatic carbocycles. The fourth-order valence-corrected chi connectivity index (χ4v) is 1.19. The third-order valence-electron chi connectivity index (χ3n) is 1.97. The van der Waals surface area contributed by atoms with Crippen molar-refractivity contribution in [2.45, 2.75) is 6.54 Å². The summed E-state index contributed by atoms with van der Waals surface area (Å²) in [5.41, 5.74) is 0.329. The Kier molecular flexibility index (Phi) is 1.92. The van der Waals surface area contributed by atoms with E-state index in [4.69, 9.17) is 0 Å². The van der Waals surface area contributed by atoms with Gasteiger partial charge in [-0.25, -0.2) is 0 Å². The molecule has 0 saturated carbocycles. The van der Waals surface area contributed by atoms with Crippen LogP contribution >= 0.6 is 0 Å². The third-order valence-corrected chi connectivity index (χ3v) is 1.97. The van der Waals surface area contributed by atoms with Gasteiger partial charge in [0.25, 0.3) is 0 Å². The minimum Gasteiger partial charge on any atom is -0.376 e. The van der Waals surface area contributed by atoms with Crippen LogP contribution in [0.1, 0.15) is 5.69 Å². The molecule has 72 valence electrons. The van der Waals surface area contributed by atoms with Gasteiger partial charge < -0.3 is 5.32 Å². The van der Waals surface area contributed by atoms with E-state index in [1.807, 2.05) is 19.3 Å². The van der Waals surface area contributed by atoms with Crippen molar-refractivity contribution in [3.8, 4) is 0 Å². The van der Waals surface area contributed by atoms with Gasteiger partial charge in [-0.3, -0.25) is 14.3 Å². The van der Waals surface area contributed by atoms with Crippen LogP contribution in [0.3, 0.4) is 0 Å². The van der Waals surface area contributed by atoms with Crippen molar-refractivity contribution in [2.75, 3.05) is 5.32 Å². The zero-order valence-electron chi connectivity index (χ0n) is 7.65. The van der Waals surface area contributed by atoms with Gasteiger partial charge in [-0.1, -0.05) is 0 Å². The highest BCUT2D eigenvalue weighted by Crippen LogP contribution is 2.00. The summed E-state index contributed by atoms with van der Waals surface area (Å²) in [5, 5.41) is 6.96. The maximum absolute atomic E-state index is 10.9. The summed E-state index contributed by atoms with van der Waals surface area (Å²) in [4.78, 5) is 21.5. The molecule has 0 saturated heterocycles. The number of nitrogens with one attached hydrogen (secondary N) is 1. The highest BCUT2D eigenvalue weighted by Gasteiger charge is 2.08. The molecule has 5 heteroatoms. The van der Waals surface area contributed by atoms with Crippen molar-refractivity contribution < 1.29 is 0 Å². The molecule has 5 nitrogen and oxygen atoms in total. The Morgan fingerprint density at radius 2 is 2.29 bits per heavy atom. The average Bonchev–Trinajstić information content (AvgIpc) is 2.58. The molecule has 1 aromatic heterocycles. The zero-order valence-corrected chi connectivity index (χ0v) is 7.65. The van der Waals surface area contributed by atoms with Gasteiger partial charge in [-0.05, 0) is 6.07 Å². The third kappa shape index (κ3) is 1.44. The Morgan fingerprint density at radius 3 is 2.79 bits per heavy atom. The molecule has 0 aliphatic heterocycles. The van der Waals surface area contributed by atoms with Crippen LogP contribution in [-0.2, 0) is 13.6 Å². The van der Waals surface area contributed by atoms with E-state index >= 15 is 0 Å². The molecule has 2 aromatic rings. The lowest BCUT2D eigenvalue weighted by Crippen LogP contribution is -2.32. The summed E-state index contributed by atoms with van der Waals surface area (Å²) >= 11 is 0. The maximum atomic E-state index is 10.9. The molecule has 0 aliphatic rings. The molecule has 0 spiro atoms. The fraction of sp³-hybridized carbons (Fsp3) is 0.222. The molecule has 1 N–H and O–H groups in total. The van der Waals surface area contributed by atoms with Gasteiger partial charge in [-0.15, -0.1) is 0 Å². The Labute approximate surface area is 79.7 Å². The van der Waals surface area contributed by atoms with Gasteiger partial charge in [0, 0.05) is 19.3 Å². The van der Waals surface area contributed by atoms with Gasteiger partial charge in [-0.2, -0.15) is 5.10 Å². The van der Waals surface area contributed by atoms with Crippen LogP contribution < -0.4 is 16.2 Å². The molecule has 1 heterocycles. The first-order valence-electron chi connectivity index (χ1n) is 4.19. The van der Waals surface area contributed by atoms with Crippen LogP contribution in [0.15, 0.2) is 27.9 Å². The Bertz CT molecular complexity index is 520. The molecule has 0 fully saturated rings. The van der Waals surface area contributed by atoms with Crippen molar-refractivity contribution in [2.24, 2.45) is 7.05 Å². The smallest absolute Gasteiger partial charge is 0.248 e. The normalized spacial score (nSPS) is 10.6. The lowest BCUT2D eigenvalue weighted by atomic mass is 10.2. The number of aryl methyl sites for hydroxylation is 1. The summed E-state index contributed by atoms with van der Waals surface area (Å²) in [7, 11) is 1.82. The number of hydrogen-bond donors (Lipinski definition) is 1. The minimum atomic E-state index is -0.444. The zero-order chi connectivity index (χ0) is 10.1. The highest BCUT2D eigenvalue weighted by molar-refractivity contribution is 5.47. The first kappa shape index (κ1) is 8.68. The van der Waals surface area contributed by atoms with Crippen molar-refractivity contribution in [1.29, 1.82) is 0 Å². The van der Waals surface area contributed by atoms with E-state index in [9.17, 15) is 9.59 Å². The largest absolute Gasteiger partial charge is 0.376 e. The number of hydrogen-bond acceptors (Lipinski definition) is 4. The molecular formula is C9H9N3O2. The molecule has 0 atom stereocenters. The first-order valence-corrected chi connectivity index (χ1v) is 4.19. The lowest BCUT2D eigenvalue weighted by Gasteiger charge is -2.03. The van der Waals surface area contributed by atoms with Crippen molar-refractivity contribution in [1.82, 2.24) is 9.78 Å². The molecule has 0 bridgehead atoms. The van der Waals surface area contributed by atoms with E-state index in [2.05, 4.69) is 10.4 Å². The van der Waals surface area contributed by atoms with Crippen LogP contribution in [0, 0.1) is 0 Å². The monoisotopic (exact) mass is 191 g/mol. The van der Waals surface area contributed by atoms with Crippen LogP contribution in [0.2, 0.25) is 0 Å². The minimum absolute atomic E-state index is 0.376. The number of rotatable bonds is 3. The van der Waals surface area contributed by atoms with Crippen molar-refractivity contribution in [3.63, 3.8) is 0 Å². The maximum Gasteiger partial charge on any atom is 0.248 e. The Morgan fingerprint density at radius 1 is 1.50 bits per heavy atom. The predicted octanol–water partition coefficient (Wildman–Crippen LogP) is -0.372. The summed E-state index contributed by atoms with van der Waals surface area (Å²) in [5.74, 6) is 0. The van der Waals surface area contributed by atoms with E-state index in [-0.39, 0.29) is 0 Å². The van der Waals surface area contributed by atoms with E-state index < -0.39 is 10.9 Å². The molecule has 0 aliphatic carbocycles. The number of nitrogens with zero attached hydrogens (tertiary/aromatic N) is 2.